The lowest BCUT2D eigenvalue weighted by atomic mass is 9.58. The average Bonchev–Trinajstić information content (AvgIpc) is 2.78. The molecular weight excluding hydrogens is 402 g/mol. The molecule has 0 saturated heterocycles. The van der Waals surface area contributed by atoms with Crippen LogP contribution in [0.5, 0.6) is 11.5 Å². The molecule has 2 atom stereocenters. The van der Waals surface area contributed by atoms with Crippen LogP contribution in [0.15, 0.2) is 41.1 Å². The fraction of sp³-hybridized carbons (Fsp3) is 0.480. The van der Waals surface area contributed by atoms with Gasteiger partial charge in [0.25, 0.3) is 0 Å². The molecule has 166 valence electrons. The summed E-state index contributed by atoms with van der Waals surface area (Å²) in [4.78, 5) is 2.27. The van der Waals surface area contributed by atoms with Crippen LogP contribution in [0.2, 0.25) is 0 Å². The van der Waals surface area contributed by atoms with E-state index in [1.54, 1.807) is 13.2 Å². The third-order valence-corrected chi connectivity index (χ3v) is 6.33. The minimum absolute atomic E-state index is 0.0250. The van der Waals surface area contributed by atoms with Gasteiger partial charge in [0.05, 0.1) is 36.6 Å². The van der Waals surface area contributed by atoms with Crippen molar-refractivity contribution in [1.82, 2.24) is 4.90 Å². The van der Waals surface area contributed by atoms with Crippen molar-refractivity contribution in [2.24, 2.45) is 17.1 Å². The van der Waals surface area contributed by atoms with Crippen LogP contribution < -0.4 is 15.2 Å². The van der Waals surface area contributed by atoms with Gasteiger partial charge in [0.1, 0.15) is 6.07 Å². The smallest absolute Gasteiger partial charge is 0.191 e. The van der Waals surface area contributed by atoms with Gasteiger partial charge in [-0.25, -0.2) is 0 Å². The van der Waals surface area contributed by atoms with Gasteiger partial charge in [-0.1, -0.05) is 12.1 Å². The topological polar surface area (TPSA) is 119 Å². The van der Waals surface area contributed by atoms with Gasteiger partial charge in [-0.05, 0) is 51.0 Å². The molecule has 32 heavy (non-hydrogen) atoms. The zero-order valence-corrected chi connectivity index (χ0v) is 19.2. The Balaban J connectivity index is 2.26. The number of hydrogen-bond donors (Lipinski definition) is 1. The number of nitrogens with zero attached hydrogens (tertiary/aromatic N) is 4. The summed E-state index contributed by atoms with van der Waals surface area (Å²) in [7, 11) is 1.56. The summed E-state index contributed by atoms with van der Waals surface area (Å²) < 4.78 is 11.4. The summed E-state index contributed by atoms with van der Waals surface area (Å²) >= 11 is 0. The van der Waals surface area contributed by atoms with E-state index in [9.17, 15) is 15.8 Å². The highest BCUT2D eigenvalue weighted by molar-refractivity contribution is 5.60. The summed E-state index contributed by atoms with van der Waals surface area (Å²) in [5.41, 5.74) is 6.56. The molecule has 1 aliphatic heterocycles. The van der Waals surface area contributed by atoms with E-state index in [1.807, 2.05) is 32.1 Å². The second kappa shape index (κ2) is 8.95. The second-order valence-corrected chi connectivity index (χ2v) is 8.80. The first kappa shape index (κ1) is 23.2. The third-order valence-electron chi connectivity index (χ3n) is 6.33. The summed E-state index contributed by atoms with van der Waals surface area (Å²) in [5.74, 6) is 0.307. The minimum Gasteiger partial charge on any atom is -0.493 e. The number of fused-ring (bicyclic) bond motifs is 1. The van der Waals surface area contributed by atoms with Crippen molar-refractivity contribution in [3.05, 3.63) is 46.7 Å². The van der Waals surface area contributed by atoms with Crippen LogP contribution >= 0.6 is 0 Å². The molecule has 2 N–H and O–H groups in total. The number of ether oxygens (including phenoxy) is 2. The molecule has 7 heteroatoms. The molecule has 1 aromatic carbocycles. The summed E-state index contributed by atoms with van der Waals surface area (Å²) in [6, 6.07) is 12.3. The van der Waals surface area contributed by atoms with Crippen LogP contribution in [0.25, 0.3) is 0 Å². The highest BCUT2D eigenvalue weighted by Gasteiger charge is 2.54. The predicted molar refractivity (Wildman–Crippen MR) is 120 cm³/mol. The Kier molecular flexibility index (Phi) is 6.49. The Hall–Kier alpha value is -3.47. The van der Waals surface area contributed by atoms with Gasteiger partial charge in [-0.15, -0.1) is 0 Å². The van der Waals surface area contributed by atoms with Crippen molar-refractivity contribution in [2.75, 3.05) is 20.2 Å². The van der Waals surface area contributed by atoms with Gasteiger partial charge in [0.15, 0.2) is 16.9 Å². The Morgan fingerprint density at radius 3 is 2.34 bits per heavy atom. The molecular formula is C25H29N5O2. The fourth-order valence-corrected chi connectivity index (χ4v) is 4.73. The Morgan fingerprint density at radius 2 is 1.81 bits per heavy atom. The molecule has 0 spiro atoms. The molecule has 0 aromatic heterocycles. The zero-order chi connectivity index (χ0) is 23.6. The molecule has 0 fully saturated rings. The Labute approximate surface area is 189 Å². The van der Waals surface area contributed by atoms with Crippen molar-refractivity contribution in [1.29, 1.82) is 15.8 Å². The highest BCUT2D eigenvalue weighted by atomic mass is 16.5. The van der Waals surface area contributed by atoms with Crippen LogP contribution in [0, 0.1) is 45.3 Å². The standard InChI is InChI=1S/C25H29N5O2/c1-15(2)30-9-8-18-19(11-26)24(29)25(13-27,14-28)23(20(18)12-30)17-6-7-21(32-16(3)4)22(10-17)31-5/h6-8,10,15-16,20,23H,9,12,29H2,1-5H3/t20-,23+/m1/s1. The van der Waals surface area contributed by atoms with E-state index in [2.05, 4.69) is 37.0 Å². The first-order valence-electron chi connectivity index (χ1n) is 10.8. The molecule has 3 rings (SSSR count). The number of benzene rings is 1. The maximum absolute atomic E-state index is 10.2. The van der Waals surface area contributed by atoms with Gasteiger partial charge in [-0.3, -0.25) is 4.90 Å². The third kappa shape index (κ3) is 3.68. The van der Waals surface area contributed by atoms with Crippen molar-refractivity contribution < 1.29 is 9.47 Å². The van der Waals surface area contributed by atoms with Crippen LogP contribution in [0.4, 0.5) is 0 Å². The molecule has 0 bridgehead atoms. The van der Waals surface area contributed by atoms with Crippen LogP contribution in [-0.4, -0.2) is 37.2 Å². The van der Waals surface area contributed by atoms with Crippen molar-refractivity contribution in [3.8, 4) is 29.7 Å². The van der Waals surface area contributed by atoms with Gasteiger partial charge >= 0.3 is 0 Å². The summed E-state index contributed by atoms with van der Waals surface area (Å²) in [6.07, 6.45) is 1.98. The normalized spacial score (nSPS) is 22.4. The number of hydrogen-bond acceptors (Lipinski definition) is 7. The van der Waals surface area contributed by atoms with E-state index in [-0.39, 0.29) is 29.3 Å². The van der Waals surface area contributed by atoms with E-state index in [0.29, 0.717) is 24.6 Å². The number of methoxy groups -OCH3 is 1. The number of nitrogens with two attached hydrogens (primary N) is 1. The molecule has 0 saturated carbocycles. The molecule has 1 heterocycles. The van der Waals surface area contributed by atoms with Gasteiger partial charge in [0.2, 0.25) is 0 Å². The number of allylic oxidation sites excluding steroid dienone is 2. The summed E-state index contributed by atoms with van der Waals surface area (Å²) in [6.45, 7) is 9.37. The average molecular weight is 432 g/mol. The lowest BCUT2D eigenvalue weighted by Gasteiger charge is -2.46. The summed E-state index contributed by atoms with van der Waals surface area (Å²) in [5, 5.41) is 30.3. The number of rotatable bonds is 5. The minimum atomic E-state index is -1.67. The molecule has 0 radical (unpaired) electrons. The quantitative estimate of drug-likeness (QED) is 0.756. The second-order valence-electron chi connectivity index (χ2n) is 8.80. The maximum Gasteiger partial charge on any atom is 0.191 e. The monoisotopic (exact) mass is 431 g/mol. The molecule has 7 nitrogen and oxygen atoms in total. The van der Waals surface area contributed by atoms with Crippen LogP contribution in [0.1, 0.15) is 39.2 Å². The van der Waals surface area contributed by atoms with E-state index in [0.717, 1.165) is 11.1 Å². The molecule has 0 amide bonds. The highest BCUT2D eigenvalue weighted by Crippen LogP contribution is 2.55. The van der Waals surface area contributed by atoms with Crippen LogP contribution in [0.3, 0.4) is 0 Å². The van der Waals surface area contributed by atoms with Crippen molar-refractivity contribution in [2.45, 2.75) is 45.8 Å². The fourth-order valence-electron chi connectivity index (χ4n) is 4.73. The van der Waals surface area contributed by atoms with E-state index < -0.39 is 11.3 Å². The van der Waals surface area contributed by atoms with Gasteiger partial charge < -0.3 is 15.2 Å². The largest absolute Gasteiger partial charge is 0.493 e. The Bertz CT molecular complexity index is 1070. The lowest BCUT2D eigenvalue weighted by Crippen LogP contribution is -2.49. The van der Waals surface area contributed by atoms with Crippen LogP contribution in [-0.2, 0) is 0 Å². The Morgan fingerprint density at radius 1 is 1.12 bits per heavy atom. The van der Waals surface area contributed by atoms with E-state index >= 15 is 0 Å². The van der Waals surface area contributed by atoms with E-state index in [4.69, 9.17) is 15.2 Å². The SMILES string of the molecule is COc1cc([C@H]2[C@@H]3CN(C(C)C)CC=C3C(C#N)=C(N)C2(C#N)C#N)ccc1OC(C)C. The maximum atomic E-state index is 10.2. The van der Waals surface area contributed by atoms with E-state index in [1.165, 1.54) is 0 Å². The van der Waals surface area contributed by atoms with Crippen molar-refractivity contribution >= 4 is 0 Å². The van der Waals surface area contributed by atoms with Crippen molar-refractivity contribution in [3.63, 3.8) is 0 Å². The molecule has 0 unspecified atom stereocenters. The number of nitriles is 3. The van der Waals surface area contributed by atoms with Gasteiger partial charge in [-0.2, -0.15) is 15.8 Å². The first-order valence-corrected chi connectivity index (χ1v) is 10.8. The molecule has 1 aliphatic carbocycles. The first-order chi connectivity index (χ1) is 15.2. The zero-order valence-electron chi connectivity index (χ0n) is 19.2. The molecule has 2 aliphatic rings. The predicted octanol–water partition coefficient (Wildman–Crippen LogP) is 3.62. The van der Waals surface area contributed by atoms with Gasteiger partial charge in [0, 0.05) is 31.0 Å². The molecule has 1 aromatic rings. The lowest BCUT2D eigenvalue weighted by molar-refractivity contribution is 0.174.